The number of nitrogens with zero attached hydrogens (tertiary/aromatic N) is 4. The number of carbonyl (C=O) groups is 1. The Kier molecular flexibility index (Phi) is 7.08. The molecule has 0 radical (unpaired) electrons. The molecule has 1 aromatic rings. The Labute approximate surface area is 179 Å². The number of hydrogen-bond acceptors (Lipinski definition) is 6. The van der Waals surface area contributed by atoms with Gasteiger partial charge in [0.2, 0.25) is 5.91 Å². The molecule has 0 aliphatic carbocycles. The molecule has 1 aromatic heterocycles. The van der Waals surface area contributed by atoms with Crippen LogP contribution in [-0.4, -0.2) is 89.8 Å². The van der Waals surface area contributed by atoms with Gasteiger partial charge in [0.05, 0.1) is 31.1 Å². The zero-order valence-corrected chi connectivity index (χ0v) is 18.4. The lowest BCUT2D eigenvalue weighted by atomic mass is 9.83. The monoisotopic (exact) mass is 420 g/mol. The zero-order valence-electron chi connectivity index (χ0n) is 18.4. The summed E-state index contributed by atoms with van der Waals surface area (Å²) in [7, 11) is 0. The second-order valence-corrected chi connectivity index (χ2v) is 9.15. The van der Waals surface area contributed by atoms with Crippen LogP contribution >= 0.6 is 0 Å². The maximum Gasteiger partial charge on any atom is 0.248 e. The number of rotatable bonds is 6. The molecule has 4 rings (SSSR count). The maximum absolute atomic E-state index is 12.4. The van der Waals surface area contributed by atoms with E-state index in [1.807, 2.05) is 15.8 Å². The van der Waals surface area contributed by atoms with Crippen molar-refractivity contribution in [2.75, 3.05) is 52.6 Å². The Balaban J connectivity index is 1.22. The number of piperidine rings is 1. The topological polar surface area (TPSA) is 69.1 Å². The Morgan fingerprint density at radius 2 is 2.00 bits per heavy atom. The van der Waals surface area contributed by atoms with Gasteiger partial charge in [0.15, 0.2) is 0 Å². The third-order valence-electron chi connectivity index (χ3n) is 6.61. The molecule has 8 nitrogen and oxygen atoms in total. The van der Waals surface area contributed by atoms with E-state index in [1.54, 1.807) is 0 Å². The normalized spacial score (nSPS) is 25.2. The summed E-state index contributed by atoms with van der Waals surface area (Å²) in [4.78, 5) is 16.7. The minimum atomic E-state index is -0.0937. The summed E-state index contributed by atoms with van der Waals surface area (Å²) in [6.45, 7) is 10.8. The fraction of sp³-hybridized carbons (Fsp3) is 0.818. The first-order valence-corrected chi connectivity index (χ1v) is 11.4. The molecule has 1 amide bonds. The number of hydrogen-bond donors (Lipinski definition) is 0. The number of morpholine rings is 1. The summed E-state index contributed by atoms with van der Waals surface area (Å²) in [5.74, 6) is 0.0793. The highest BCUT2D eigenvalue weighted by molar-refractivity contribution is 5.77. The van der Waals surface area contributed by atoms with Crippen molar-refractivity contribution in [1.29, 1.82) is 0 Å². The lowest BCUT2D eigenvalue weighted by Crippen LogP contribution is -2.51. The molecule has 0 aromatic carbocycles. The Bertz CT molecular complexity index is 693. The van der Waals surface area contributed by atoms with E-state index < -0.39 is 0 Å². The van der Waals surface area contributed by atoms with Gasteiger partial charge >= 0.3 is 0 Å². The summed E-state index contributed by atoms with van der Waals surface area (Å²) in [5, 5.41) is 4.45. The molecule has 1 atom stereocenters. The minimum Gasteiger partial charge on any atom is -0.378 e. The zero-order chi connectivity index (χ0) is 21.0. The summed E-state index contributed by atoms with van der Waals surface area (Å²) in [5.41, 5.74) is 1.18. The summed E-state index contributed by atoms with van der Waals surface area (Å²) >= 11 is 0. The van der Waals surface area contributed by atoms with E-state index in [1.165, 1.54) is 5.56 Å². The van der Waals surface area contributed by atoms with Crippen molar-refractivity contribution in [2.45, 2.75) is 63.8 Å². The first-order valence-electron chi connectivity index (χ1n) is 11.4. The molecule has 1 spiro atoms. The SMILES string of the molecule is CC(C)n1cc(CN2CCC3(CC2)CC(OCC(=O)N2CCOCC2)CCO3)cn1. The van der Waals surface area contributed by atoms with Gasteiger partial charge in [0.25, 0.3) is 0 Å². The molecule has 8 heteroatoms. The summed E-state index contributed by atoms with van der Waals surface area (Å²) in [6, 6.07) is 0.395. The minimum absolute atomic E-state index is 0.0793. The van der Waals surface area contributed by atoms with Gasteiger partial charge in [0, 0.05) is 63.6 Å². The standard InChI is InChI=1S/C22H36N4O4/c1-18(2)26-16-19(14-23-26)15-24-6-4-22(5-7-24)13-20(3-10-30-22)29-17-21(27)25-8-11-28-12-9-25/h14,16,18,20H,3-13,15,17H2,1-2H3. The number of amides is 1. The largest absolute Gasteiger partial charge is 0.378 e. The fourth-order valence-electron chi connectivity index (χ4n) is 4.68. The van der Waals surface area contributed by atoms with Crippen LogP contribution in [-0.2, 0) is 25.5 Å². The molecule has 1 unspecified atom stereocenters. The van der Waals surface area contributed by atoms with Gasteiger partial charge in [0.1, 0.15) is 6.61 Å². The molecule has 3 fully saturated rings. The smallest absolute Gasteiger partial charge is 0.248 e. The van der Waals surface area contributed by atoms with Gasteiger partial charge < -0.3 is 19.1 Å². The summed E-state index contributed by atoms with van der Waals surface area (Å²) < 4.78 is 19.6. The second kappa shape index (κ2) is 9.77. The number of aromatic nitrogens is 2. The Morgan fingerprint density at radius 1 is 1.23 bits per heavy atom. The predicted octanol–water partition coefficient (Wildman–Crippen LogP) is 1.85. The van der Waals surface area contributed by atoms with Crippen molar-refractivity contribution in [3.63, 3.8) is 0 Å². The van der Waals surface area contributed by atoms with Crippen molar-refractivity contribution in [1.82, 2.24) is 19.6 Å². The third kappa shape index (κ3) is 5.41. The molecule has 168 valence electrons. The highest BCUT2D eigenvalue weighted by Crippen LogP contribution is 2.36. The lowest BCUT2D eigenvalue weighted by Gasteiger charge is -2.46. The Morgan fingerprint density at radius 3 is 2.70 bits per heavy atom. The van der Waals surface area contributed by atoms with E-state index in [0.29, 0.717) is 32.3 Å². The van der Waals surface area contributed by atoms with Gasteiger partial charge in [-0.15, -0.1) is 0 Å². The molecule has 0 bridgehead atoms. The Hall–Kier alpha value is -1.48. The molecule has 3 saturated heterocycles. The van der Waals surface area contributed by atoms with E-state index in [2.05, 4.69) is 30.0 Å². The van der Waals surface area contributed by atoms with E-state index in [9.17, 15) is 4.79 Å². The molecule has 0 N–H and O–H groups in total. The van der Waals surface area contributed by atoms with Crippen LogP contribution in [0.2, 0.25) is 0 Å². The number of likely N-dealkylation sites (tertiary alicyclic amines) is 1. The van der Waals surface area contributed by atoms with Gasteiger partial charge in [-0.05, 0) is 33.1 Å². The van der Waals surface area contributed by atoms with Crippen LogP contribution < -0.4 is 0 Å². The third-order valence-corrected chi connectivity index (χ3v) is 6.61. The van der Waals surface area contributed by atoms with Gasteiger partial charge in [-0.3, -0.25) is 14.4 Å². The molecular weight excluding hydrogens is 384 g/mol. The van der Waals surface area contributed by atoms with Gasteiger partial charge in [-0.2, -0.15) is 5.10 Å². The molecule has 0 saturated carbocycles. The van der Waals surface area contributed by atoms with Crippen LogP contribution in [0.1, 0.15) is 51.1 Å². The summed E-state index contributed by atoms with van der Waals surface area (Å²) in [6.07, 6.45) is 8.04. The van der Waals surface area contributed by atoms with Crippen LogP contribution in [0.15, 0.2) is 12.4 Å². The molecule has 3 aliphatic heterocycles. The van der Waals surface area contributed by atoms with Crippen molar-refractivity contribution < 1.29 is 19.0 Å². The second-order valence-electron chi connectivity index (χ2n) is 9.15. The highest BCUT2D eigenvalue weighted by Gasteiger charge is 2.41. The quantitative estimate of drug-likeness (QED) is 0.700. The van der Waals surface area contributed by atoms with E-state index >= 15 is 0 Å². The van der Waals surface area contributed by atoms with Gasteiger partial charge in [-0.25, -0.2) is 0 Å². The van der Waals surface area contributed by atoms with E-state index in [4.69, 9.17) is 14.2 Å². The van der Waals surface area contributed by atoms with Crippen molar-refractivity contribution in [3.05, 3.63) is 18.0 Å². The molecule has 30 heavy (non-hydrogen) atoms. The van der Waals surface area contributed by atoms with Gasteiger partial charge in [-0.1, -0.05) is 0 Å². The van der Waals surface area contributed by atoms with Crippen LogP contribution in [0.5, 0.6) is 0 Å². The predicted molar refractivity (Wildman–Crippen MR) is 112 cm³/mol. The first kappa shape index (κ1) is 21.7. The van der Waals surface area contributed by atoms with Crippen molar-refractivity contribution >= 4 is 5.91 Å². The van der Waals surface area contributed by atoms with E-state index in [-0.39, 0.29) is 24.2 Å². The maximum atomic E-state index is 12.4. The fourth-order valence-corrected chi connectivity index (χ4v) is 4.68. The lowest BCUT2D eigenvalue weighted by molar-refractivity contribution is -0.165. The van der Waals surface area contributed by atoms with Crippen LogP contribution in [0, 0.1) is 0 Å². The molecule has 3 aliphatic rings. The molecular formula is C22H36N4O4. The number of carbonyl (C=O) groups excluding carboxylic acids is 1. The highest BCUT2D eigenvalue weighted by atomic mass is 16.5. The van der Waals surface area contributed by atoms with Crippen LogP contribution in [0.25, 0.3) is 0 Å². The van der Waals surface area contributed by atoms with E-state index in [0.717, 1.165) is 51.9 Å². The average molecular weight is 421 g/mol. The average Bonchev–Trinajstić information content (AvgIpc) is 3.24. The first-order chi connectivity index (χ1) is 14.5. The van der Waals surface area contributed by atoms with Crippen molar-refractivity contribution in [2.24, 2.45) is 0 Å². The van der Waals surface area contributed by atoms with Crippen molar-refractivity contribution in [3.8, 4) is 0 Å². The van der Waals surface area contributed by atoms with Crippen LogP contribution in [0.3, 0.4) is 0 Å². The number of ether oxygens (including phenoxy) is 3. The van der Waals surface area contributed by atoms with Crippen LogP contribution in [0.4, 0.5) is 0 Å². The molecule has 4 heterocycles.